The number of piperidine rings is 1. The third-order valence-corrected chi connectivity index (χ3v) is 3.45. The minimum atomic E-state index is -4.18. The summed E-state index contributed by atoms with van der Waals surface area (Å²) >= 11 is 0. The van der Waals surface area contributed by atoms with Crippen molar-refractivity contribution in [1.29, 1.82) is 5.26 Å². The van der Waals surface area contributed by atoms with Crippen molar-refractivity contribution in [3.05, 3.63) is 29.6 Å². The van der Waals surface area contributed by atoms with Gasteiger partial charge in [-0.15, -0.1) is 0 Å². The molecule has 1 aromatic rings. The highest BCUT2D eigenvalue weighted by atomic mass is 19.4. The van der Waals surface area contributed by atoms with E-state index in [0.717, 1.165) is 6.07 Å². The van der Waals surface area contributed by atoms with Crippen LogP contribution in [0.1, 0.15) is 18.4 Å². The molecule has 0 bridgehead atoms. The van der Waals surface area contributed by atoms with Crippen LogP contribution in [0.15, 0.2) is 18.2 Å². The fourth-order valence-corrected chi connectivity index (χ4v) is 2.41. The Morgan fingerprint density at radius 1 is 1.29 bits per heavy atom. The molecule has 2 rings (SSSR count). The summed E-state index contributed by atoms with van der Waals surface area (Å²) in [6.45, 7) is -0.241. The zero-order valence-corrected chi connectivity index (χ0v) is 11.3. The number of hydrogen-bond acceptors (Lipinski definition) is 3. The van der Waals surface area contributed by atoms with Crippen LogP contribution in [-0.4, -0.2) is 36.8 Å². The highest BCUT2D eigenvalue weighted by molar-refractivity contribution is 5.49. The summed E-state index contributed by atoms with van der Waals surface area (Å²) in [4.78, 5) is 1.35. The lowest BCUT2D eigenvalue weighted by Crippen LogP contribution is -2.43. The van der Waals surface area contributed by atoms with Crippen LogP contribution in [0.25, 0.3) is 0 Å². The molecule has 1 N–H and O–H groups in total. The van der Waals surface area contributed by atoms with Crippen molar-refractivity contribution in [1.82, 2.24) is 4.90 Å². The van der Waals surface area contributed by atoms with Gasteiger partial charge in [0.1, 0.15) is 5.82 Å². The topological polar surface area (TPSA) is 39.1 Å². The Hall–Kier alpha value is -1.81. The minimum Gasteiger partial charge on any atom is -0.380 e. The van der Waals surface area contributed by atoms with Crippen molar-refractivity contribution in [3.63, 3.8) is 0 Å². The van der Waals surface area contributed by atoms with Crippen molar-refractivity contribution in [2.24, 2.45) is 0 Å². The molecule has 0 saturated carbocycles. The van der Waals surface area contributed by atoms with Gasteiger partial charge in [0.05, 0.1) is 23.9 Å². The number of rotatable bonds is 3. The van der Waals surface area contributed by atoms with Gasteiger partial charge in [-0.05, 0) is 31.0 Å². The van der Waals surface area contributed by atoms with E-state index in [9.17, 15) is 17.6 Å². The number of hydrogen-bond donors (Lipinski definition) is 1. The zero-order valence-electron chi connectivity index (χ0n) is 11.3. The Labute approximate surface area is 120 Å². The van der Waals surface area contributed by atoms with Gasteiger partial charge < -0.3 is 5.32 Å². The summed E-state index contributed by atoms with van der Waals surface area (Å²) < 4.78 is 50.5. The van der Waals surface area contributed by atoms with Gasteiger partial charge in [0.25, 0.3) is 0 Å². The quantitative estimate of drug-likeness (QED) is 0.872. The minimum absolute atomic E-state index is 0.0584. The van der Waals surface area contributed by atoms with Gasteiger partial charge in [-0.3, -0.25) is 4.90 Å². The Morgan fingerprint density at radius 3 is 2.48 bits per heavy atom. The van der Waals surface area contributed by atoms with E-state index in [1.807, 2.05) is 6.07 Å². The molecule has 0 spiro atoms. The van der Waals surface area contributed by atoms with E-state index in [4.69, 9.17) is 5.26 Å². The van der Waals surface area contributed by atoms with Gasteiger partial charge in [-0.1, -0.05) is 0 Å². The van der Waals surface area contributed by atoms with Crippen LogP contribution in [-0.2, 0) is 0 Å². The summed E-state index contributed by atoms with van der Waals surface area (Å²) in [5, 5.41) is 11.7. The Kier molecular flexibility index (Phi) is 4.68. The molecule has 0 radical (unpaired) electrons. The maximum Gasteiger partial charge on any atom is 0.401 e. The van der Waals surface area contributed by atoms with E-state index in [-0.39, 0.29) is 17.3 Å². The molecule has 1 fully saturated rings. The Morgan fingerprint density at radius 2 is 1.95 bits per heavy atom. The molecule has 0 unspecified atom stereocenters. The number of halogens is 4. The molecule has 21 heavy (non-hydrogen) atoms. The first-order valence-electron chi connectivity index (χ1n) is 6.62. The number of nitrogens with zero attached hydrogens (tertiary/aromatic N) is 2. The smallest absolute Gasteiger partial charge is 0.380 e. The zero-order chi connectivity index (χ0) is 15.5. The summed E-state index contributed by atoms with van der Waals surface area (Å²) in [7, 11) is 0. The summed E-state index contributed by atoms with van der Waals surface area (Å²) in [5.74, 6) is -0.522. The number of likely N-dealkylation sites (tertiary alicyclic amines) is 1. The largest absolute Gasteiger partial charge is 0.401 e. The molecule has 0 amide bonds. The number of nitriles is 1. The second-order valence-electron chi connectivity index (χ2n) is 5.12. The number of benzene rings is 1. The first-order chi connectivity index (χ1) is 9.87. The highest BCUT2D eigenvalue weighted by Crippen LogP contribution is 2.23. The van der Waals surface area contributed by atoms with E-state index in [2.05, 4.69) is 5.32 Å². The molecular weight excluding hydrogens is 286 g/mol. The third-order valence-electron chi connectivity index (χ3n) is 3.45. The van der Waals surface area contributed by atoms with Crippen molar-refractivity contribution in [3.8, 4) is 6.07 Å². The maximum absolute atomic E-state index is 13.7. The SMILES string of the molecule is N#Cc1ccc(NC2CCN(CC(F)(F)F)CC2)c(F)c1. The van der Waals surface area contributed by atoms with Gasteiger partial charge in [0, 0.05) is 19.1 Å². The molecule has 114 valence electrons. The fourth-order valence-electron chi connectivity index (χ4n) is 2.41. The monoisotopic (exact) mass is 301 g/mol. The standard InChI is InChI=1S/C14H15F4N3/c15-12-7-10(8-19)1-2-13(12)20-11-3-5-21(6-4-11)9-14(16,17)18/h1-2,7,11,20H,3-6,9H2. The van der Waals surface area contributed by atoms with E-state index in [0.29, 0.717) is 25.9 Å². The molecule has 0 aromatic heterocycles. The van der Waals surface area contributed by atoms with Crippen molar-refractivity contribution in [2.45, 2.75) is 25.1 Å². The second kappa shape index (κ2) is 6.31. The summed E-state index contributed by atoms with van der Waals surface area (Å²) in [6, 6.07) is 5.91. The average molecular weight is 301 g/mol. The van der Waals surface area contributed by atoms with Gasteiger partial charge in [-0.2, -0.15) is 18.4 Å². The van der Waals surface area contributed by atoms with Crippen molar-refractivity contribution in [2.75, 3.05) is 25.0 Å². The van der Waals surface area contributed by atoms with Crippen LogP contribution in [0.2, 0.25) is 0 Å². The first kappa shape index (κ1) is 15.6. The molecule has 1 heterocycles. The van der Waals surface area contributed by atoms with Crippen LogP contribution in [0.4, 0.5) is 23.2 Å². The third kappa shape index (κ3) is 4.60. The van der Waals surface area contributed by atoms with Crippen LogP contribution >= 0.6 is 0 Å². The van der Waals surface area contributed by atoms with E-state index < -0.39 is 18.5 Å². The predicted molar refractivity (Wildman–Crippen MR) is 70.3 cm³/mol. The second-order valence-corrected chi connectivity index (χ2v) is 5.12. The van der Waals surface area contributed by atoms with Gasteiger partial charge in [0.15, 0.2) is 0 Å². The number of alkyl halides is 3. The van der Waals surface area contributed by atoms with E-state index >= 15 is 0 Å². The lowest BCUT2D eigenvalue weighted by atomic mass is 10.0. The maximum atomic E-state index is 13.7. The van der Waals surface area contributed by atoms with Gasteiger partial charge in [0.2, 0.25) is 0 Å². The Bertz CT molecular complexity index is 528. The lowest BCUT2D eigenvalue weighted by Gasteiger charge is -2.33. The first-order valence-corrected chi connectivity index (χ1v) is 6.62. The van der Waals surface area contributed by atoms with E-state index in [1.54, 1.807) is 0 Å². The van der Waals surface area contributed by atoms with Crippen LogP contribution in [0, 0.1) is 17.1 Å². The molecule has 1 saturated heterocycles. The average Bonchev–Trinajstić information content (AvgIpc) is 2.41. The van der Waals surface area contributed by atoms with Crippen LogP contribution in [0.3, 0.4) is 0 Å². The Balaban J connectivity index is 1.88. The molecular formula is C14H15F4N3. The molecule has 1 aliphatic heterocycles. The van der Waals surface area contributed by atoms with Crippen molar-refractivity contribution < 1.29 is 17.6 Å². The van der Waals surface area contributed by atoms with Crippen LogP contribution < -0.4 is 5.32 Å². The molecule has 7 heteroatoms. The molecule has 1 aromatic carbocycles. The highest BCUT2D eigenvalue weighted by Gasteiger charge is 2.32. The summed E-state index contributed by atoms with van der Waals surface area (Å²) in [5.41, 5.74) is 0.515. The normalized spacial score (nSPS) is 17.5. The summed E-state index contributed by atoms with van der Waals surface area (Å²) in [6.07, 6.45) is -3.13. The predicted octanol–water partition coefficient (Wildman–Crippen LogP) is 3.14. The molecule has 3 nitrogen and oxygen atoms in total. The lowest BCUT2D eigenvalue weighted by molar-refractivity contribution is -0.147. The molecule has 0 aliphatic carbocycles. The number of nitrogens with one attached hydrogen (secondary N) is 1. The molecule has 0 atom stereocenters. The van der Waals surface area contributed by atoms with Gasteiger partial charge >= 0.3 is 6.18 Å². The van der Waals surface area contributed by atoms with Gasteiger partial charge in [-0.25, -0.2) is 4.39 Å². The fraction of sp³-hybridized carbons (Fsp3) is 0.500. The number of anilines is 1. The van der Waals surface area contributed by atoms with Crippen molar-refractivity contribution >= 4 is 5.69 Å². The van der Waals surface area contributed by atoms with Crippen LogP contribution in [0.5, 0.6) is 0 Å². The molecule has 1 aliphatic rings. The van der Waals surface area contributed by atoms with E-state index in [1.165, 1.54) is 17.0 Å².